The van der Waals surface area contributed by atoms with Crippen LogP contribution in [0, 0.1) is 6.92 Å². The van der Waals surface area contributed by atoms with Crippen LogP contribution in [0.1, 0.15) is 22.2 Å². The molecule has 2 aromatic heterocycles. The van der Waals surface area contributed by atoms with Gasteiger partial charge in [-0.1, -0.05) is 5.16 Å². The fraction of sp³-hybridized carbons (Fsp3) is 0.308. The lowest BCUT2D eigenvalue weighted by Crippen LogP contribution is -2.24. The molecule has 0 aliphatic heterocycles. The quantitative estimate of drug-likeness (QED) is 0.847. The monoisotopic (exact) mass is 293 g/mol. The molecule has 0 unspecified atom stereocenters. The molecule has 6 nitrogen and oxygen atoms in total. The Morgan fingerprint density at radius 3 is 3.00 bits per heavy atom. The van der Waals surface area contributed by atoms with Gasteiger partial charge in [0.1, 0.15) is 0 Å². The van der Waals surface area contributed by atoms with Gasteiger partial charge in [-0.05, 0) is 30.0 Å². The van der Waals surface area contributed by atoms with Crippen LogP contribution in [0.5, 0.6) is 0 Å². The number of aliphatic hydroxyl groups excluding tert-OH is 1. The molecule has 0 atom stereocenters. The summed E-state index contributed by atoms with van der Waals surface area (Å²) in [6, 6.07) is 1.84. The van der Waals surface area contributed by atoms with Gasteiger partial charge < -0.3 is 14.5 Å². The fourth-order valence-electron chi connectivity index (χ4n) is 1.53. The van der Waals surface area contributed by atoms with E-state index < -0.39 is 0 Å². The van der Waals surface area contributed by atoms with Gasteiger partial charge in [-0.3, -0.25) is 4.79 Å². The molecule has 0 saturated carbocycles. The van der Waals surface area contributed by atoms with Crippen molar-refractivity contribution >= 4 is 23.3 Å². The van der Waals surface area contributed by atoms with Gasteiger partial charge in [0, 0.05) is 18.0 Å². The number of rotatable bonds is 5. The van der Waals surface area contributed by atoms with Crippen LogP contribution in [0.15, 0.2) is 22.0 Å². The molecule has 0 aliphatic carbocycles. The van der Waals surface area contributed by atoms with E-state index in [0.717, 1.165) is 10.4 Å². The Hall–Kier alpha value is -1.99. The maximum absolute atomic E-state index is 11.9. The minimum absolute atomic E-state index is 0.00863. The molecule has 7 heteroatoms. The van der Waals surface area contributed by atoms with Crippen molar-refractivity contribution in [3.63, 3.8) is 0 Å². The van der Waals surface area contributed by atoms with E-state index in [1.165, 1.54) is 22.3 Å². The molecule has 0 saturated heterocycles. The first kappa shape index (κ1) is 14.4. The Kier molecular flexibility index (Phi) is 4.65. The van der Waals surface area contributed by atoms with E-state index >= 15 is 0 Å². The van der Waals surface area contributed by atoms with Crippen molar-refractivity contribution < 1.29 is 14.4 Å². The third kappa shape index (κ3) is 3.75. The smallest absolute Gasteiger partial charge is 0.246 e. The van der Waals surface area contributed by atoms with E-state index in [9.17, 15) is 4.79 Å². The number of carbonyl (C=O) groups is 1. The summed E-state index contributed by atoms with van der Waals surface area (Å²) in [6.07, 6.45) is 3.21. The molecule has 0 spiro atoms. The second-order valence-electron chi connectivity index (χ2n) is 4.28. The summed E-state index contributed by atoms with van der Waals surface area (Å²) >= 11 is 1.48. The summed E-state index contributed by atoms with van der Waals surface area (Å²) in [5.74, 6) is 0.803. The molecule has 0 bridgehead atoms. The van der Waals surface area contributed by atoms with Crippen LogP contribution < -0.4 is 0 Å². The largest absolute Gasteiger partial charge is 0.392 e. The lowest BCUT2D eigenvalue weighted by molar-refractivity contribution is -0.125. The highest BCUT2D eigenvalue weighted by atomic mass is 32.1. The predicted octanol–water partition coefficient (Wildman–Crippen LogP) is 1.60. The van der Waals surface area contributed by atoms with Gasteiger partial charge in [0.2, 0.25) is 11.8 Å². The molecule has 0 radical (unpaired) electrons. The third-order valence-electron chi connectivity index (χ3n) is 2.57. The Balaban J connectivity index is 1.93. The topological polar surface area (TPSA) is 79.5 Å². The summed E-state index contributed by atoms with van der Waals surface area (Å²) in [4.78, 5) is 18.4. The first-order chi connectivity index (χ1) is 9.58. The molecule has 0 aromatic carbocycles. The highest BCUT2D eigenvalue weighted by Gasteiger charge is 2.10. The standard InChI is InChI=1S/C13H15N3O3S/c1-9-14-12(19-15-9)6-16(2)13(18)4-3-11-5-10(7-17)8-20-11/h3-5,8,17H,6-7H2,1-2H3/b4-3+. The second-order valence-corrected chi connectivity index (χ2v) is 5.22. The minimum Gasteiger partial charge on any atom is -0.392 e. The molecular formula is C13H15N3O3S. The fourth-order valence-corrected chi connectivity index (χ4v) is 2.33. The Bertz CT molecular complexity index is 618. The van der Waals surface area contributed by atoms with E-state index in [-0.39, 0.29) is 19.1 Å². The Labute approximate surface area is 120 Å². The van der Waals surface area contributed by atoms with Gasteiger partial charge in [0.25, 0.3) is 0 Å². The summed E-state index contributed by atoms with van der Waals surface area (Å²) in [5.41, 5.74) is 0.844. The normalized spacial score (nSPS) is 11.2. The summed E-state index contributed by atoms with van der Waals surface area (Å²) < 4.78 is 4.96. The average Bonchev–Trinajstić information content (AvgIpc) is 3.04. The van der Waals surface area contributed by atoms with Gasteiger partial charge >= 0.3 is 0 Å². The molecule has 20 heavy (non-hydrogen) atoms. The number of thiophene rings is 1. The van der Waals surface area contributed by atoms with Crippen LogP contribution in [0.3, 0.4) is 0 Å². The van der Waals surface area contributed by atoms with Crippen molar-refractivity contribution in [1.82, 2.24) is 15.0 Å². The molecule has 1 N–H and O–H groups in total. The molecule has 2 aromatic rings. The average molecular weight is 293 g/mol. The predicted molar refractivity (Wildman–Crippen MR) is 74.8 cm³/mol. The number of hydrogen-bond donors (Lipinski definition) is 1. The second kappa shape index (κ2) is 6.44. The number of likely N-dealkylation sites (N-methyl/N-ethyl adjacent to an activating group) is 1. The first-order valence-electron chi connectivity index (χ1n) is 5.99. The number of hydrogen-bond acceptors (Lipinski definition) is 6. The van der Waals surface area contributed by atoms with E-state index in [1.807, 2.05) is 11.4 Å². The number of aromatic nitrogens is 2. The molecular weight excluding hydrogens is 278 g/mol. The first-order valence-corrected chi connectivity index (χ1v) is 6.87. The zero-order valence-corrected chi connectivity index (χ0v) is 12.1. The lowest BCUT2D eigenvalue weighted by Gasteiger charge is -2.11. The van der Waals surface area contributed by atoms with Gasteiger partial charge in [0.05, 0.1) is 13.2 Å². The lowest BCUT2D eigenvalue weighted by atomic mass is 10.3. The van der Waals surface area contributed by atoms with Crippen molar-refractivity contribution in [3.05, 3.63) is 39.7 Å². The summed E-state index contributed by atoms with van der Waals surface area (Å²) in [7, 11) is 1.67. The summed E-state index contributed by atoms with van der Waals surface area (Å²) in [6.45, 7) is 2.01. The molecule has 1 amide bonds. The molecule has 106 valence electrons. The van der Waals surface area contributed by atoms with Crippen molar-refractivity contribution in [2.75, 3.05) is 7.05 Å². The van der Waals surface area contributed by atoms with E-state index in [2.05, 4.69) is 10.1 Å². The van der Waals surface area contributed by atoms with Gasteiger partial charge in [-0.25, -0.2) is 0 Å². The van der Waals surface area contributed by atoms with Crippen molar-refractivity contribution in [2.24, 2.45) is 0 Å². The number of aliphatic hydroxyl groups is 1. The van der Waals surface area contributed by atoms with E-state index in [0.29, 0.717) is 11.7 Å². The highest BCUT2D eigenvalue weighted by Crippen LogP contribution is 2.16. The number of aryl methyl sites for hydroxylation is 1. The molecule has 2 rings (SSSR count). The van der Waals surface area contributed by atoms with E-state index in [4.69, 9.17) is 9.63 Å². The SMILES string of the molecule is Cc1noc(CN(C)C(=O)/C=C/c2cc(CO)cs2)n1. The zero-order valence-electron chi connectivity index (χ0n) is 11.2. The Morgan fingerprint density at radius 1 is 1.60 bits per heavy atom. The Morgan fingerprint density at radius 2 is 2.40 bits per heavy atom. The molecule has 0 aliphatic rings. The van der Waals surface area contributed by atoms with Gasteiger partial charge in [-0.2, -0.15) is 4.98 Å². The van der Waals surface area contributed by atoms with Crippen LogP contribution in [0.25, 0.3) is 6.08 Å². The third-order valence-corrected chi connectivity index (χ3v) is 3.51. The van der Waals surface area contributed by atoms with Crippen LogP contribution in [-0.2, 0) is 17.9 Å². The maximum atomic E-state index is 11.9. The van der Waals surface area contributed by atoms with Gasteiger partial charge in [0.15, 0.2) is 5.82 Å². The van der Waals surface area contributed by atoms with Crippen LogP contribution >= 0.6 is 11.3 Å². The number of nitrogens with zero attached hydrogens (tertiary/aromatic N) is 3. The number of carbonyl (C=O) groups excluding carboxylic acids is 1. The van der Waals surface area contributed by atoms with Gasteiger partial charge in [-0.15, -0.1) is 11.3 Å². The number of amides is 1. The highest BCUT2D eigenvalue weighted by molar-refractivity contribution is 7.11. The molecule has 2 heterocycles. The zero-order chi connectivity index (χ0) is 14.5. The van der Waals surface area contributed by atoms with Crippen LogP contribution in [-0.4, -0.2) is 33.1 Å². The van der Waals surface area contributed by atoms with Crippen molar-refractivity contribution in [1.29, 1.82) is 0 Å². The van der Waals surface area contributed by atoms with Crippen LogP contribution in [0.4, 0.5) is 0 Å². The minimum atomic E-state index is -0.153. The van der Waals surface area contributed by atoms with Crippen molar-refractivity contribution in [2.45, 2.75) is 20.1 Å². The maximum Gasteiger partial charge on any atom is 0.246 e. The summed E-state index contributed by atoms with van der Waals surface area (Å²) in [5, 5.41) is 14.5. The van der Waals surface area contributed by atoms with Crippen molar-refractivity contribution in [3.8, 4) is 0 Å². The molecule has 0 fully saturated rings. The van der Waals surface area contributed by atoms with Crippen LogP contribution in [0.2, 0.25) is 0 Å². The van der Waals surface area contributed by atoms with E-state index in [1.54, 1.807) is 20.0 Å².